The van der Waals surface area contributed by atoms with Crippen LogP contribution in [0.4, 0.5) is 0 Å². The maximum Gasteiger partial charge on any atom is 0.641 e. The van der Waals surface area contributed by atoms with Crippen molar-refractivity contribution in [2.75, 3.05) is 0 Å². The van der Waals surface area contributed by atoms with Crippen LogP contribution in [0.3, 0.4) is 0 Å². The zero-order valence-electron chi connectivity index (χ0n) is 11.2. The highest BCUT2D eigenvalue weighted by atomic mass is 32.2. The molecule has 106 valence electrons. The van der Waals surface area contributed by atoms with E-state index in [0.29, 0.717) is 0 Å². The van der Waals surface area contributed by atoms with Crippen molar-refractivity contribution in [3.63, 3.8) is 0 Å². The Hall–Kier alpha value is 0.215. The molecule has 3 nitrogen and oxygen atoms in total. The van der Waals surface area contributed by atoms with Crippen LogP contribution < -0.4 is 0 Å². The predicted octanol–water partition coefficient (Wildman–Crippen LogP) is 3.71. The van der Waals surface area contributed by atoms with Gasteiger partial charge in [0.2, 0.25) is 0 Å². The third-order valence-corrected chi connectivity index (χ3v) is 3.19. The molecule has 1 rings (SSSR count). The number of thiol groups is 2. The second-order valence-corrected chi connectivity index (χ2v) is 6.72. The highest BCUT2D eigenvalue weighted by Gasteiger charge is 2.27. The van der Waals surface area contributed by atoms with Crippen LogP contribution in [0.15, 0.2) is 35.2 Å². The maximum atomic E-state index is 5.70. The van der Waals surface area contributed by atoms with Crippen LogP contribution in [0.1, 0.15) is 20.8 Å². The molecule has 19 heavy (non-hydrogen) atoms. The molecule has 0 saturated heterocycles. The summed E-state index contributed by atoms with van der Waals surface area (Å²) in [6.07, 6.45) is 0. The molecule has 3 atom stereocenters. The van der Waals surface area contributed by atoms with E-state index >= 15 is 0 Å². The number of hydrogen-bond donors (Lipinski definition) is 2. The van der Waals surface area contributed by atoms with Crippen molar-refractivity contribution < 1.29 is 14.0 Å². The summed E-state index contributed by atoms with van der Waals surface area (Å²) in [5, 5.41) is 0. The van der Waals surface area contributed by atoms with Gasteiger partial charge in [0.15, 0.2) is 0 Å². The van der Waals surface area contributed by atoms with Crippen molar-refractivity contribution in [3.8, 4) is 0 Å². The predicted molar refractivity (Wildman–Crippen MR) is 87.7 cm³/mol. The number of benzene rings is 1. The van der Waals surface area contributed by atoms with Crippen molar-refractivity contribution in [2.45, 2.75) is 42.0 Å². The molecule has 1 aromatic carbocycles. The van der Waals surface area contributed by atoms with E-state index in [9.17, 15) is 0 Å². The Morgan fingerprint density at radius 1 is 0.947 bits per heavy atom. The molecular weight excluding hydrogens is 299 g/mol. The number of rotatable bonds is 8. The van der Waals surface area contributed by atoms with Crippen LogP contribution in [0, 0.1) is 0 Å². The first kappa shape index (κ1) is 17.3. The molecular formula is C12H19BO3S3. The first-order valence-electron chi connectivity index (χ1n) is 6.01. The van der Waals surface area contributed by atoms with Crippen LogP contribution >= 0.6 is 37.0 Å². The molecule has 0 fully saturated rings. The summed E-state index contributed by atoms with van der Waals surface area (Å²) in [4.78, 5) is 1.13. The zero-order valence-corrected chi connectivity index (χ0v) is 13.8. The van der Waals surface area contributed by atoms with Crippen molar-refractivity contribution in [3.05, 3.63) is 30.3 Å². The van der Waals surface area contributed by atoms with Crippen molar-refractivity contribution in [2.24, 2.45) is 0 Å². The van der Waals surface area contributed by atoms with E-state index in [1.807, 2.05) is 37.3 Å². The number of hydrogen-bond acceptors (Lipinski definition) is 6. The summed E-state index contributed by atoms with van der Waals surface area (Å²) in [6, 6.07) is 10.0. The van der Waals surface area contributed by atoms with E-state index < -0.39 is 7.32 Å². The lowest BCUT2D eigenvalue weighted by molar-refractivity contribution is 0.0819. The standard InChI is InChI=1S/C12H19BO3S3/c1-9(17)14-13(15-10(2)18)16-11(3)19-12-7-5-4-6-8-12/h4-11,17-18H,1-3H3. The van der Waals surface area contributed by atoms with Gasteiger partial charge in [0.05, 0.1) is 16.3 Å². The van der Waals surface area contributed by atoms with E-state index in [-0.39, 0.29) is 16.3 Å². The molecule has 0 aromatic heterocycles. The van der Waals surface area contributed by atoms with Crippen LogP contribution in [0.25, 0.3) is 0 Å². The van der Waals surface area contributed by atoms with Gasteiger partial charge in [0, 0.05) is 4.90 Å². The average Bonchev–Trinajstić information content (AvgIpc) is 2.27. The Kier molecular flexibility index (Phi) is 8.37. The molecule has 0 amide bonds. The second-order valence-electron chi connectivity index (χ2n) is 3.89. The minimum atomic E-state index is -0.772. The van der Waals surface area contributed by atoms with Crippen LogP contribution in [-0.4, -0.2) is 23.6 Å². The van der Waals surface area contributed by atoms with Crippen molar-refractivity contribution >= 4 is 44.3 Å². The molecule has 0 aliphatic rings. The van der Waals surface area contributed by atoms with Gasteiger partial charge in [-0.1, -0.05) is 30.0 Å². The minimum Gasteiger partial charge on any atom is -0.374 e. The highest BCUT2D eigenvalue weighted by molar-refractivity contribution is 7.99. The molecule has 0 aliphatic carbocycles. The van der Waals surface area contributed by atoms with Crippen molar-refractivity contribution in [1.29, 1.82) is 0 Å². The molecule has 0 spiro atoms. The molecule has 0 radical (unpaired) electrons. The summed E-state index contributed by atoms with van der Waals surface area (Å²) in [6.45, 7) is 5.56. The first-order valence-corrected chi connectivity index (χ1v) is 7.93. The van der Waals surface area contributed by atoms with E-state index in [2.05, 4.69) is 25.3 Å². The van der Waals surface area contributed by atoms with E-state index in [1.54, 1.807) is 25.6 Å². The molecule has 0 saturated carbocycles. The Labute approximate surface area is 130 Å². The summed E-state index contributed by atoms with van der Waals surface area (Å²) in [5.41, 5.74) is -0.649. The SMILES string of the molecule is CC(S)OB(OC(C)S)OC(C)Sc1ccccc1. The molecule has 0 aliphatic heterocycles. The molecule has 3 unspecified atom stereocenters. The fraction of sp³-hybridized carbons (Fsp3) is 0.500. The normalized spacial score (nSPS) is 15.8. The Balaban J connectivity index is 2.48. The quantitative estimate of drug-likeness (QED) is 0.331. The lowest BCUT2D eigenvalue weighted by Crippen LogP contribution is -2.33. The van der Waals surface area contributed by atoms with Crippen molar-refractivity contribution in [1.82, 2.24) is 0 Å². The molecule has 0 N–H and O–H groups in total. The third-order valence-electron chi connectivity index (χ3n) is 1.96. The van der Waals surface area contributed by atoms with Gasteiger partial charge in [-0.05, 0) is 32.9 Å². The van der Waals surface area contributed by atoms with E-state index in [4.69, 9.17) is 14.0 Å². The zero-order chi connectivity index (χ0) is 14.3. The van der Waals surface area contributed by atoms with Gasteiger partial charge >= 0.3 is 7.32 Å². The van der Waals surface area contributed by atoms with Gasteiger partial charge in [-0.2, -0.15) is 0 Å². The van der Waals surface area contributed by atoms with E-state index in [0.717, 1.165) is 4.90 Å². The second kappa shape index (κ2) is 9.21. The Morgan fingerprint density at radius 2 is 1.47 bits per heavy atom. The van der Waals surface area contributed by atoms with Gasteiger partial charge in [-0.3, -0.25) is 0 Å². The average molecular weight is 318 g/mol. The first-order chi connectivity index (χ1) is 8.97. The summed E-state index contributed by atoms with van der Waals surface area (Å²) >= 11 is 9.93. The lowest BCUT2D eigenvalue weighted by atomic mass is 10.2. The fourth-order valence-electron chi connectivity index (χ4n) is 1.29. The Morgan fingerprint density at radius 3 is 1.95 bits per heavy atom. The summed E-state index contributed by atoms with van der Waals surface area (Å²) in [7, 11) is -0.772. The largest absolute Gasteiger partial charge is 0.641 e. The van der Waals surface area contributed by atoms with Crippen LogP contribution in [0.5, 0.6) is 0 Å². The monoisotopic (exact) mass is 318 g/mol. The van der Waals surface area contributed by atoms with Gasteiger partial charge < -0.3 is 14.0 Å². The highest BCUT2D eigenvalue weighted by Crippen LogP contribution is 2.24. The van der Waals surface area contributed by atoms with Gasteiger partial charge in [-0.15, -0.1) is 25.3 Å². The topological polar surface area (TPSA) is 27.7 Å². The minimum absolute atomic E-state index is 0.105. The third kappa shape index (κ3) is 8.17. The van der Waals surface area contributed by atoms with E-state index in [1.165, 1.54) is 0 Å². The van der Waals surface area contributed by atoms with Gasteiger partial charge in [-0.25, -0.2) is 0 Å². The van der Waals surface area contributed by atoms with Crippen LogP contribution in [0.2, 0.25) is 0 Å². The maximum absolute atomic E-state index is 5.70. The summed E-state index contributed by atoms with van der Waals surface area (Å²) < 4.78 is 16.6. The molecule has 7 heteroatoms. The molecule has 0 bridgehead atoms. The smallest absolute Gasteiger partial charge is 0.374 e. The van der Waals surface area contributed by atoms with Crippen LogP contribution in [-0.2, 0) is 14.0 Å². The lowest BCUT2D eigenvalue weighted by Gasteiger charge is -2.21. The fourth-order valence-corrected chi connectivity index (χ4v) is 2.34. The summed E-state index contributed by atoms with van der Waals surface area (Å²) in [5.74, 6) is 0. The van der Waals surface area contributed by atoms with Gasteiger partial charge in [0.1, 0.15) is 0 Å². The Bertz CT molecular complexity index is 341. The number of thioether (sulfide) groups is 1. The molecule has 0 heterocycles. The van der Waals surface area contributed by atoms with Gasteiger partial charge in [0.25, 0.3) is 0 Å². The molecule has 1 aromatic rings.